The predicted octanol–water partition coefficient (Wildman–Crippen LogP) is 2.48. The van der Waals surface area contributed by atoms with Crippen LogP contribution in [0.3, 0.4) is 0 Å². The van der Waals surface area contributed by atoms with Gasteiger partial charge in [0.2, 0.25) is 5.91 Å². The molecular formula is C17H23NO5. The number of carboxylic acids is 1. The number of hydrogen-bond donors (Lipinski definition) is 2. The molecule has 0 bridgehead atoms. The number of hydrogen-bond acceptors (Lipinski definition) is 4. The molecule has 1 rings (SSSR count). The van der Waals surface area contributed by atoms with Gasteiger partial charge in [-0.2, -0.15) is 0 Å². The molecule has 1 amide bonds. The second-order valence-electron chi connectivity index (χ2n) is 4.91. The van der Waals surface area contributed by atoms with E-state index in [2.05, 4.69) is 12.2 Å². The van der Waals surface area contributed by atoms with Crippen LogP contribution in [0.25, 0.3) is 6.08 Å². The van der Waals surface area contributed by atoms with E-state index in [-0.39, 0.29) is 0 Å². The Labute approximate surface area is 136 Å². The van der Waals surface area contributed by atoms with Gasteiger partial charge in [-0.15, -0.1) is 0 Å². The lowest BCUT2D eigenvalue weighted by atomic mass is 10.2. The molecule has 1 aromatic rings. The number of nitrogens with one attached hydrogen (secondary N) is 1. The van der Waals surface area contributed by atoms with Crippen LogP contribution in [0.15, 0.2) is 24.3 Å². The van der Waals surface area contributed by atoms with Gasteiger partial charge in [0, 0.05) is 6.08 Å². The minimum absolute atomic E-state index is 0.406. The molecule has 0 spiro atoms. The molecule has 126 valence electrons. The van der Waals surface area contributed by atoms with Crippen molar-refractivity contribution in [1.29, 1.82) is 0 Å². The maximum Gasteiger partial charge on any atom is 0.322 e. The van der Waals surface area contributed by atoms with Crippen LogP contribution in [-0.4, -0.2) is 37.2 Å². The van der Waals surface area contributed by atoms with Crippen LogP contribution in [0, 0.1) is 0 Å². The van der Waals surface area contributed by atoms with Gasteiger partial charge in [-0.05, 0) is 30.2 Å². The molecule has 0 aromatic heterocycles. The number of ether oxygens (including phenoxy) is 2. The third-order valence-corrected chi connectivity index (χ3v) is 3.03. The topological polar surface area (TPSA) is 84.9 Å². The van der Waals surface area contributed by atoms with Crippen LogP contribution in [-0.2, 0) is 9.59 Å². The van der Waals surface area contributed by atoms with Gasteiger partial charge in [-0.1, -0.05) is 25.8 Å². The molecule has 0 aliphatic heterocycles. The zero-order chi connectivity index (χ0) is 17.1. The van der Waals surface area contributed by atoms with Gasteiger partial charge in [0.05, 0.1) is 13.7 Å². The van der Waals surface area contributed by atoms with Crippen molar-refractivity contribution in [2.45, 2.75) is 26.2 Å². The van der Waals surface area contributed by atoms with Crippen molar-refractivity contribution < 1.29 is 24.2 Å². The molecule has 6 heteroatoms. The standard InChI is InChI=1S/C17H23NO5/c1-3-4-5-10-23-14-8-6-13(11-15(14)22-2)7-9-16(19)18-12-17(20)21/h6-9,11H,3-5,10,12H2,1-2H3,(H,18,19)(H,20,21). The van der Waals surface area contributed by atoms with E-state index in [0.717, 1.165) is 24.8 Å². The molecule has 6 nitrogen and oxygen atoms in total. The first-order valence-corrected chi connectivity index (χ1v) is 7.55. The summed E-state index contributed by atoms with van der Waals surface area (Å²) < 4.78 is 11.0. The van der Waals surface area contributed by atoms with E-state index in [4.69, 9.17) is 14.6 Å². The van der Waals surface area contributed by atoms with Crippen molar-refractivity contribution in [3.05, 3.63) is 29.8 Å². The van der Waals surface area contributed by atoms with E-state index in [1.54, 1.807) is 31.4 Å². The summed E-state index contributed by atoms with van der Waals surface area (Å²) in [5, 5.41) is 10.7. The average Bonchev–Trinajstić information content (AvgIpc) is 2.55. The Morgan fingerprint density at radius 3 is 2.70 bits per heavy atom. The summed E-state index contributed by atoms with van der Waals surface area (Å²) in [7, 11) is 1.56. The van der Waals surface area contributed by atoms with Crippen LogP contribution in [0.2, 0.25) is 0 Å². The van der Waals surface area contributed by atoms with Gasteiger partial charge in [0.1, 0.15) is 6.54 Å². The van der Waals surface area contributed by atoms with Crippen molar-refractivity contribution in [3.8, 4) is 11.5 Å². The Balaban J connectivity index is 2.63. The van der Waals surface area contributed by atoms with E-state index >= 15 is 0 Å². The Morgan fingerprint density at radius 1 is 1.26 bits per heavy atom. The lowest BCUT2D eigenvalue weighted by Gasteiger charge is -2.11. The van der Waals surface area contributed by atoms with Gasteiger partial charge in [0.15, 0.2) is 11.5 Å². The summed E-state index contributed by atoms with van der Waals surface area (Å²) in [6.07, 6.45) is 6.11. The molecule has 0 aliphatic rings. The van der Waals surface area contributed by atoms with E-state index in [1.165, 1.54) is 6.08 Å². The number of carboxylic acid groups (broad SMARTS) is 1. The van der Waals surface area contributed by atoms with Crippen LogP contribution < -0.4 is 14.8 Å². The largest absolute Gasteiger partial charge is 0.493 e. The first kappa shape index (κ1) is 18.5. The SMILES string of the molecule is CCCCCOc1ccc(C=CC(=O)NCC(=O)O)cc1OC. The summed E-state index contributed by atoms with van der Waals surface area (Å²) in [6.45, 7) is 2.36. The monoisotopic (exact) mass is 321 g/mol. The van der Waals surface area contributed by atoms with Gasteiger partial charge in [-0.3, -0.25) is 9.59 Å². The second-order valence-corrected chi connectivity index (χ2v) is 4.91. The lowest BCUT2D eigenvalue weighted by molar-refractivity contribution is -0.137. The van der Waals surface area contributed by atoms with Gasteiger partial charge < -0.3 is 19.9 Å². The minimum Gasteiger partial charge on any atom is -0.493 e. The molecule has 23 heavy (non-hydrogen) atoms. The zero-order valence-electron chi connectivity index (χ0n) is 13.5. The molecule has 0 saturated carbocycles. The predicted molar refractivity (Wildman–Crippen MR) is 87.7 cm³/mol. The van der Waals surface area contributed by atoms with Crippen molar-refractivity contribution in [3.63, 3.8) is 0 Å². The fraction of sp³-hybridized carbons (Fsp3) is 0.412. The summed E-state index contributed by atoms with van der Waals surface area (Å²) in [4.78, 5) is 21.8. The van der Waals surface area contributed by atoms with Crippen molar-refractivity contribution >= 4 is 18.0 Å². The molecule has 0 atom stereocenters. The fourth-order valence-electron chi connectivity index (χ4n) is 1.83. The maximum absolute atomic E-state index is 11.4. The highest BCUT2D eigenvalue weighted by atomic mass is 16.5. The van der Waals surface area contributed by atoms with Gasteiger partial charge >= 0.3 is 5.97 Å². The molecule has 0 unspecified atom stereocenters. The number of carbonyl (C=O) groups is 2. The third-order valence-electron chi connectivity index (χ3n) is 3.03. The van der Waals surface area contributed by atoms with Crippen molar-refractivity contribution in [1.82, 2.24) is 5.32 Å². The number of amides is 1. The lowest BCUT2D eigenvalue weighted by Crippen LogP contribution is -2.27. The first-order valence-electron chi connectivity index (χ1n) is 7.55. The number of benzene rings is 1. The highest BCUT2D eigenvalue weighted by Crippen LogP contribution is 2.28. The Hall–Kier alpha value is -2.50. The first-order chi connectivity index (χ1) is 11.1. The van der Waals surface area contributed by atoms with E-state index < -0.39 is 18.4 Å². The number of carbonyl (C=O) groups excluding carboxylic acids is 1. The normalized spacial score (nSPS) is 10.5. The van der Waals surface area contributed by atoms with Crippen LogP contribution in [0.5, 0.6) is 11.5 Å². The Bertz CT molecular complexity index is 554. The highest BCUT2D eigenvalue weighted by molar-refractivity contribution is 5.93. The Kier molecular flexibility index (Phi) is 8.28. The van der Waals surface area contributed by atoms with Crippen LogP contribution in [0.1, 0.15) is 31.7 Å². The van der Waals surface area contributed by atoms with E-state index in [9.17, 15) is 9.59 Å². The van der Waals surface area contributed by atoms with Crippen LogP contribution >= 0.6 is 0 Å². The molecule has 0 fully saturated rings. The number of aliphatic carboxylic acids is 1. The number of rotatable bonds is 10. The molecule has 0 aliphatic carbocycles. The maximum atomic E-state index is 11.4. The molecule has 0 saturated heterocycles. The van der Waals surface area contributed by atoms with E-state index in [1.807, 2.05) is 0 Å². The Morgan fingerprint density at radius 2 is 2.04 bits per heavy atom. The van der Waals surface area contributed by atoms with E-state index in [0.29, 0.717) is 18.1 Å². The van der Waals surface area contributed by atoms with Crippen molar-refractivity contribution in [2.24, 2.45) is 0 Å². The zero-order valence-corrected chi connectivity index (χ0v) is 13.5. The summed E-state index contributed by atoms with van der Waals surface area (Å²) in [5.41, 5.74) is 0.758. The molecule has 0 radical (unpaired) electrons. The summed E-state index contributed by atoms with van der Waals surface area (Å²) >= 11 is 0. The number of unbranched alkanes of at least 4 members (excludes halogenated alkanes) is 2. The second kappa shape index (κ2) is 10.3. The van der Waals surface area contributed by atoms with Gasteiger partial charge in [0.25, 0.3) is 0 Å². The van der Waals surface area contributed by atoms with Crippen LogP contribution in [0.4, 0.5) is 0 Å². The molecule has 0 heterocycles. The minimum atomic E-state index is -1.09. The molecule has 1 aromatic carbocycles. The molecule has 2 N–H and O–H groups in total. The quantitative estimate of drug-likeness (QED) is 0.511. The van der Waals surface area contributed by atoms with Crippen molar-refractivity contribution in [2.75, 3.05) is 20.3 Å². The van der Waals surface area contributed by atoms with Gasteiger partial charge in [-0.25, -0.2) is 0 Å². The highest BCUT2D eigenvalue weighted by Gasteiger charge is 2.05. The number of methoxy groups -OCH3 is 1. The fourth-order valence-corrected chi connectivity index (χ4v) is 1.83. The summed E-state index contributed by atoms with van der Waals surface area (Å²) in [6, 6.07) is 5.36. The summed E-state index contributed by atoms with van der Waals surface area (Å²) in [5.74, 6) is -0.296. The average molecular weight is 321 g/mol. The third kappa shape index (κ3) is 7.35. The molecular weight excluding hydrogens is 298 g/mol. The smallest absolute Gasteiger partial charge is 0.322 e.